The summed E-state index contributed by atoms with van der Waals surface area (Å²) >= 11 is 0. The van der Waals surface area contributed by atoms with Gasteiger partial charge in [0.25, 0.3) is 12.3 Å². The number of carbonyl (C=O) groups is 1. The van der Waals surface area contributed by atoms with Crippen molar-refractivity contribution in [1.29, 1.82) is 0 Å². The van der Waals surface area contributed by atoms with E-state index in [0.29, 0.717) is 55.8 Å². The molecule has 4 atom stereocenters. The lowest BCUT2D eigenvalue weighted by molar-refractivity contribution is -0.100. The van der Waals surface area contributed by atoms with Gasteiger partial charge in [0.05, 0.1) is 65.5 Å². The fourth-order valence-electron chi connectivity index (χ4n) is 10.6. The molecule has 2 aliphatic carbocycles. The van der Waals surface area contributed by atoms with E-state index in [-0.39, 0.29) is 35.5 Å². The zero-order valence-corrected chi connectivity index (χ0v) is 38.2. The number of benzene rings is 1. The van der Waals surface area contributed by atoms with Crippen LogP contribution in [0.1, 0.15) is 125 Å². The van der Waals surface area contributed by atoms with Gasteiger partial charge in [0.2, 0.25) is 0 Å². The monoisotopic (exact) mass is 918 g/mol. The lowest BCUT2D eigenvalue weighted by atomic mass is 9.82. The lowest BCUT2D eigenvalue weighted by Crippen LogP contribution is -2.48. The highest BCUT2D eigenvalue weighted by molar-refractivity contribution is 6.08. The molecule has 4 aromatic heterocycles. The molecule has 0 unspecified atom stereocenters. The number of aliphatic hydroxyl groups excluding tert-OH is 3. The molecule has 17 nitrogen and oxygen atoms in total. The van der Waals surface area contributed by atoms with Gasteiger partial charge in [-0.3, -0.25) is 19.5 Å². The third-order valence-electron chi connectivity index (χ3n) is 14.1. The van der Waals surface area contributed by atoms with Crippen molar-refractivity contribution in [2.75, 3.05) is 49.5 Å². The Balaban J connectivity index is 0.708. The second-order valence-electron chi connectivity index (χ2n) is 19.1. The van der Waals surface area contributed by atoms with Crippen LogP contribution >= 0.6 is 0 Å². The van der Waals surface area contributed by atoms with Crippen LogP contribution in [-0.4, -0.2) is 130 Å². The summed E-state index contributed by atoms with van der Waals surface area (Å²) in [5, 5.41) is 50.3. The summed E-state index contributed by atoms with van der Waals surface area (Å²) in [6.45, 7) is 10.4. The summed E-state index contributed by atoms with van der Waals surface area (Å²) in [5.74, 6) is 1.74. The summed E-state index contributed by atoms with van der Waals surface area (Å²) < 4.78 is 46.6. The van der Waals surface area contributed by atoms with Crippen LogP contribution in [0.25, 0.3) is 16.6 Å². The van der Waals surface area contributed by atoms with E-state index < -0.39 is 36.6 Å². The van der Waals surface area contributed by atoms with Crippen molar-refractivity contribution in [3.63, 3.8) is 0 Å². The van der Waals surface area contributed by atoms with Crippen molar-refractivity contribution < 1.29 is 38.4 Å². The maximum Gasteiger partial charge on any atom is 0.284 e. The van der Waals surface area contributed by atoms with E-state index in [1.807, 2.05) is 41.6 Å². The van der Waals surface area contributed by atoms with E-state index in [0.717, 1.165) is 99.8 Å². The van der Waals surface area contributed by atoms with E-state index in [1.54, 1.807) is 23.9 Å². The van der Waals surface area contributed by atoms with Crippen LogP contribution in [0, 0.1) is 18.8 Å². The van der Waals surface area contributed by atoms with E-state index in [4.69, 9.17) is 14.6 Å². The molecule has 0 radical (unpaired) electrons. The Kier molecular flexibility index (Phi) is 14.2. The van der Waals surface area contributed by atoms with Gasteiger partial charge in [-0.1, -0.05) is 13.0 Å². The first-order valence-corrected chi connectivity index (χ1v) is 24.0. The smallest absolute Gasteiger partial charge is 0.284 e. The molecule has 66 heavy (non-hydrogen) atoms. The van der Waals surface area contributed by atoms with Crippen molar-refractivity contribution in [2.24, 2.45) is 11.8 Å². The molecular weight excluding hydrogens is 853 g/mol. The minimum Gasteiger partial charge on any atom is -0.493 e. The number of aryl methyl sites for hydroxylation is 1. The number of hydrogen-bond acceptors (Lipinski definition) is 13. The number of anilines is 2. The molecule has 358 valence electrons. The number of alkyl halides is 2. The second-order valence-corrected chi connectivity index (χ2v) is 19.1. The Morgan fingerprint density at radius 1 is 1.02 bits per heavy atom. The SMILES string of the molecule is CCCN(C[C@@H](C)O)c1ccn2ncc(C(=O)Nc3cn(C4CCC(CN5CCC(OC6CC(COc7cccc8c7c(C)nn8[C@H]7CC[C@H](O)N[C@H]7O)C6)CC5)CC4)nc3C(F)F)c2n1. The zero-order valence-electron chi connectivity index (χ0n) is 38.2. The van der Waals surface area contributed by atoms with Gasteiger partial charge in [0.1, 0.15) is 29.6 Å². The van der Waals surface area contributed by atoms with E-state index >= 15 is 0 Å². The first-order valence-electron chi connectivity index (χ1n) is 24.0. The van der Waals surface area contributed by atoms with Crippen LogP contribution in [0.15, 0.2) is 42.9 Å². The van der Waals surface area contributed by atoms with E-state index in [2.05, 4.69) is 30.7 Å². The molecule has 2 aliphatic heterocycles. The molecule has 5 N–H and O–H groups in total. The Hall–Kier alpha value is -4.79. The predicted octanol–water partition coefficient (Wildman–Crippen LogP) is 6.00. The van der Waals surface area contributed by atoms with Crippen molar-refractivity contribution in [3.05, 3.63) is 59.8 Å². The molecule has 2 saturated heterocycles. The summed E-state index contributed by atoms with van der Waals surface area (Å²) in [7, 11) is 0. The molecule has 9 rings (SSSR count). The number of carbonyl (C=O) groups excluding carboxylic acids is 1. The van der Waals surface area contributed by atoms with Gasteiger partial charge < -0.3 is 39.9 Å². The molecule has 5 aromatic rings. The number of hydrogen-bond donors (Lipinski definition) is 5. The molecule has 19 heteroatoms. The number of nitrogens with one attached hydrogen (secondary N) is 2. The van der Waals surface area contributed by atoms with Gasteiger partial charge >= 0.3 is 0 Å². The third-order valence-corrected chi connectivity index (χ3v) is 14.1. The van der Waals surface area contributed by atoms with Gasteiger partial charge in [0, 0.05) is 45.1 Å². The van der Waals surface area contributed by atoms with E-state index in [9.17, 15) is 28.9 Å². The number of fused-ring (bicyclic) bond motifs is 2. The number of halogens is 2. The quantitative estimate of drug-likeness (QED) is 0.0731. The van der Waals surface area contributed by atoms with Gasteiger partial charge in [-0.05, 0) is 115 Å². The fraction of sp³-hybridized carbons (Fsp3) is 0.638. The largest absolute Gasteiger partial charge is 0.493 e. The van der Waals surface area contributed by atoms with Crippen LogP contribution in [-0.2, 0) is 4.74 Å². The number of aromatic nitrogens is 7. The molecule has 4 fully saturated rings. The summed E-state index contributed by atoms with van der Waals surface area (Å²) in [6.07, 6.45) is 9.65. The second kappa shape index (κ2) is 20.2. The molecule has 0 bridgehead atoms. The van der Waals surface area contributed by atoms with Crippen molar-refractivity contribution >= 4 is 34.0 Å². The van der Waals surface area contributed by atoms with Gasteiger partial charge in [-0.25, -0.2) is 18.3 Å². The topological polar surface area (TPSA) is 193 Å². The maximum absolute atomic E-state index is 14.3. The molecular formula is C47H65F2N11O6. The summed E-state index contributed by atoms with van der Waals surface area (Å²) in [4.78, 5) is 22.7. The van der Waals surface area contributed by atoms with Gasteiger partial charge in [-0.2, -0.15) is 15.3 Å². The predicted molar refractivity (Wildman–Crippen MR) is 244 cm³/mol. The zero-order chi connectivity index (χ0) is 46.1. The number of piperidine rings is 2. The Labute approximate surface area is 383 Å². The van der Waals surface area contributed by atoms with Crippen molar-refractivity contribution in [1.82, 2.24) is 44.4 Å². The van der Waals surface area contributed by atoms with Crippen molar-refractivity contribution in [2.45, 2.75) is 141 Å². The summed E-state index contributed by atoms with van der Waals surface area (Å²) in [5.41, 5.74) is 1.74. The van der Waals surface area contributed by atoms with E-state index in [1.165, 1.54) is 16.9 Å². The first-order chi connectivity index (χ1) is 31.9. The molecule has 2 saturated carbocycles. The summed E-state index contributed by atoms with van der Waals surface area (Å²) in [6, 6.07) is 7.42. The normalized spacial score (nSPS) is 25.9. The lowest BCUT2D eigenvalue weighted by Gasteiger charge is -2.41. The standard InChI is InChI=1S/C47H65F2N11O6/c1-4-17-57(24-28(2)61)40-16-20-58-45(52-40)35(23-50-58)46(63)51-36-26-59(55-43(36)44(48)49)32-10-8-30(9-11-32)25-56-18-14-33(15-19-56)66-34-21-31(22-34)27-65-39-7-5-6-37-42(39)29(3)54-60(37)38-12-13-41(62)53-47(38)64/h5-7,16,20,23,26,28,30-34,38,41,44,47,53,61-62,64H,4,8-15,17-19,21-22,24-25,27H2,1-3H3,(H,51,63)/t28-,30?,31?,32?,34?,38+,41+,47+/m1/s1. The number of likely N-dealkylation sites (tertiary alicyclic amines) is 1. The highest BCUT2D eigenvalue weighted by atomic mass is 19.3. The molecule has 4 aliphatic rings. The molecule has 0 spiro atoms. The van der Waals surface area contributed by atoms with Crippen LogP contribution in [0.4, 0.5) is 20.3 Å². The molecule has 1 aromatic carbocycles. The number of nitrogens with zero attached hydrogens (tertiary/aromatic N) is 9. The maximum atomic E-state index is 14.3. The number of amides is 1. The van der Waals surface area contributed by atoms with Gasteiger partial charge in [-0.15, -0.1) is 0 Å². The highest BCUT2D eigenvalue weighted by Crippen LogP contribution is 2.38. The Morgan fingerprint density at radius 2 is 1.80 bits per heavy atom. The Morgan fingerprint density at radius 3 is 2.53 bits per heavy atom. The average Bonchev–Trinajstić information content (AvgIpc) is 4.00. The minimum absolute atomic E-state index is 0.0169. The fourth-order valence-corrected chi connectivity index (χ4v) is 10.6. The number of aliphatic hydroxyl groups is 3. The van der Waals surface area contributed by atoms with Crippen molar-refractivity contribution in [3.8, 4) is 5.75 Å². The Bertz CT molecular complexity index is 2420. The van der Waals surface area contributed by atoms with Crippen LogP contribution in [0.3, 0.4) is 0 Å². The highest BCUT2D eigenvalue weighted by Gasteiger charge is 2.36. The average molecular weight is 918 g/mol. The third kappa shape index (κ3) is 10.2. The minimum atomic E-state index is -2.87. The molecule has 6 heterocycles. The van der Waals surface area contributed by atoms with Crippen LogP contribution in [0.5, 0.6) is 5.75 Å². The van der Waals surface area contributed by atoms with Crippen LogP contribution < -0.4 is 20.3 Å². The number of rotatable bonds is 17. The first kappa shape index (κ1) is 46.3. The van der Waals surface area contributed by atoms with Crippen LogP contribution in [0.2, 0.25) is 0 Å². The van der Waals surface area contributed by atoms with Gasteiger partial charge in [0.15, 0.2) is 11.3 Å². The number of ether oxygens (including phenoxy) is 2. The molecule has 1 amide bonds.